The molecule has 4 atom stereocenters. The van der Waals surface area contributed by atoms with Crippen molar-refractivity contribution < 1.29 is 0 Å². The summed E-state index contributed by atoms with van der Waals surface area (Å²) in [7, 11) is 0. The van der Waals surface area contributed by atoms with Crippen molar-refractivity contribution in [1.29, 1.82) is 0 Å². The molecule has 4 unspecified atom stereocenters. The third kappa shape index (κ3) is 2.28. The fourth-order valence-electron chi connectivity index (χ4n) is 4.02. The Balaban J connectivity index is 1.78. The molecule has 1 saturated carbocycles. The normalized spacial score (nSPS) is 35.7. The van der Waals surface area contributed by atoms with Gasteiger partial charge in [-0.25, -0.2) is 0 Å². The maximum Gasteiger partial charge on any atom is 0.0375 e. The highest BCUT2D eigenvalue weighted by Gasteiger charge is 2.33. The van der Waals surface area contributed by atoms with Crippen LogP contribution in [0.25, 0.3) is 0 Å². The summed E-state index contributed by atoms with van der Waals surface area (Å²) in [4.78, 5) is 0. The number of benzene rings is 1. The predicted molar refractivity (Wildman–Crippen MR) is 77.8 cm³/mol. The third-order valence-electron chi connectivity index (χ3n) is 4.98. The van der Waals surface area contributed by atoms with E-state index in [-0.39, 0.29) is 0 Å². The number of hydrogen-bond donors (Lipinski definition) is 1. The number of nitrogens with one attached hydrogen (secondary N) is 1. The van der Waals surface area contributed by atoms with E-state index in [1.54, 1.807) is 0 Å². The Kier molecular flexibility index (Phi) is 3.32. The van der Waals surface area contributed by atoms with Gasteiger partial charge >= 0.3 is 0 Å². The van der Waals surface area contributed by atoms with E-state index < -0.39 is 0 Å². The molecule has 1 aromatic rings. The van der Waals surface area contributed by atoms with Crippen molar-refractivity contribution in [2.45, 2.75) is 52.0 Å². The van der Waals surface area contributed by atoms with Crippen molar-refractivity contribution in [3.63, 3.8) is 0 Å². The summed E-state index contributed by atoms with van der Waals surface area (Å²) in [5.74, 6) is 2.59. The number of fused-ring (bicyclic) bond motifs is 1. The summed E-state index contributed by atoms with van der Waals surface area (Å²) >= 11 is 0. The molecule has 1 nitrogen and oxygen atoms in total. The Morgan fingerprint density at radius 3 is 2.78 bits per heavy atom. The lowest BCUT2D eigenvalue weighted by atomic mass is 9.73. The van der Waals surface area contributed by atoms with Crippen LogP contribution in [0.1, 0.15) is 45.1 Å². The van der Waals surface area contributed by atoms with E-state index in [4.69, 9.17) is 0 Å². The van der Waals surface area contributed by atoms with Crippen LogP contribution in [0.15, 0.2) is 24.3 Å². The van der Waals surface area contributed by atoms with Crippen LogP contribution in [-0.2, 0) is 6.42 Å². The molecule has 0 amide bonds. The monoisotopic (exact) mass is 243 g/mol. The lowest BCUT2D eigenvalue weighted by Gasteiger charge is -2.41. The molecule has 98 valence electrons. The van der Waals surface area contributed by atoms with Crippen LogP contribution in [0.3, 0.4) is 0 Å². The van der Waals surface area contributed by atoms with E-state index in [2.05, 4.69) is 43.4 Å². The number of hydrogen-bond acceptors (Lipinski definition) is 1. The summed E-state index contributed by atoms with van der Waals surface area (Å²) in [6.07, 6.45) is 6.96. The van der Waals surface area contributed by atoms with Crippen molar-refractivity contribution in [3.8, 4) is 0 Å². The molecule has 0 radical (unpaired) electrons. The van der Waals surface area contributed by atoms with Gasteiger partial charge in [0.1, 0.15) is 0 Å². The van der Waals surface area contributed by atoms with Gasteiger partial charge in [-0.2, -0.15) is 0 Å². The van der Waals surface area contributed by atoms with Crippen LogP contribution in [0, 0.1) is 17.8 Å². The fraction of sp³-hybridized carbons (Fsp3) is 0.647. The minimum Gasteiger partial charge on any atom is -0.382 e. The molecule has 0 bridgehead atoms. The Morgan fingerprint density at radius 1 is 1.11 bits per heavy atom. The second-order valence-corrected chi connectivity index (χ2v) is 6.54. The van der Waals surface area contributed by atoms with E-state index in [1.807, 2.05) is 0 Å². The van der Waals surface area contributed by atoms with Gasteiger partial charge in [0, 0.05) is 11.7 Å². The lowest BCUT2D eigenvalue weighted by Crippen LogP contribution is -2.41. The minimum atomic E-state index is 0.697. The summed E-state index contributed by atoms with van der Waals surface area (Å²) in [5.41, 5.74) is 2.89. The van der Waals surface area contributed by atoms with E-state index in [0.29, 0.717) is 6.04 Å². The Bertz CT molecular complexity index is 412. The number of anilines is 1. The molecule has 1 N–H and O–H groups in total. The summed E-state index contributed by atoms with van der Waals surface area (Å²) in [5, 5.41) is 3.84. The Labute approximate surface area is 111 Å². The van der Waals surface area contributed by atoms with E-state index in [1.165, 1.54) is 43.4 Å². The van der Waals surface area contributed by atoms with Crippen molar-refractivity contribution >= 4 is 5.69 Å². The van der Waals surface area contributed by atoms with E-state index >= 15 is 0 Å². The van der Waals surface area contributed by atoms with E-state index in [0.717, 1.165) is 17.8 Å². The zero-order valence-electron chi connectivity index (χ0n) is 11.7. The first-order valence-electron chi connectivity index (χ1n) is 7.58. The smallest absolute Gasteiger partial charge is 0.0375 e. The molecule has 1 aliphatic carbocycles. The summed E-state index contributed by atoms with van der Waals surface area (Å²) < 4.78 is 0. The van der Waals surface area contributed by atoms with Gasteiger partial charge in [-0.15, -0.1) is 0 Å². The molecule has 1 aliphatic heterocycles. The molecule has 0 aromatic heterocycles. The molecule has 18 heavy (non-hydrogen) atoms. The van der Waals surface area contributed by atoms with Crippen molar-refractivity contribution in [2.75, 3.05) is 5.32 Å². The number of rotatable bonds is 1. The van der Waals surface area contributed by atoms with Gasteiger partial charge in [-0.3, -0.25) is 0 Å². The average Bonchev–Trinajstić information content (AvgIpc) is 2.38. The Hall–Kier alpha value is -0.980. The first-order valence-corrected chi connectivity index (χ1v) is 7.58. The molecule has 1 heteroatoms. The summed E-state index contributed by atoms with van der Waals surface area (Å²) in [6, 6.07) is 9.54. The fourth-order valence-corrected chi connectivity index (χ4v) is 4.02. The zero-order valence-corrected chi connectivity index (χ0v) is 11.7. The average molecular weight is 243 g/mol. The highest BCUT2D eigenvalue weighted by Crippen LogP contribution is 2.38. The zero-order chi connectivity index (χ0) is 12.5. The second kappa shape index (κ2) is 4.95. The molecule has 2 aliphatic rings. The van der Waals surface area contributed by atoms with Crippen molar-refractivity contribution in [2.24, 2.45) is 17.8 Å². The first-order chi connectivity index (χ1) is 8.74. The van der Waals surface area contributed by atoms with Crippen molar-refractivity contribution in [3.05, 3.63) is 29.8 Å². The molecule has 0 saturated heterocycles. The van der Waals surface area contributed by atoms with Crippen LogP contribution in [0.4, 0.5) is 5.69 Å². The largest absolute Gasteiger partial charge is 0.382 e. The molecular weight excluding hydrogens is 218 g/mol. The molecule has 1 fully saturated rings. The van der Waals surface area contributed by atoms with Gasteiger partial charge in [-0.1, -0.05) is 44.9 Å². The Morgan fingerprint density at radius 2 is 1.94 bits per heavy atom. The lowest BCUT2D eigenvalue weighted by molar-refractivity contribution is 0.219. The van der Waals surface area contributed by atoms with Gasteiger partial charge in [0.2, 0.25) is 0 Å². The van der Waals surface area contributed by atoms with Gasteiger partial charge in [0.25, 0.3) is 0 Å². The predicted octanol–water partition coefficient (Wildman–Crippen LogP) is 4.49. The standard InChI is InChI=1S/C17H25N/c1-12-6-5-8-15(10-12)17-13(2)11-14-7-3-4-9-16(14)18-17/h3-4,7,9,12-13,15,17-18H,5-6,8,10-11H2,1-2H3. The van der Waals surface area contributed by atoms with Crippen LogP contribution in [0.5, 0.6) is 0 Å². The van der Waals surface area contributed by atoms with Crippen LogP contribution in [0.2, 0.25) is 0 Å². The van der Waals surface area contributed by atoms with Crippen molar-refractivity contribution in [1.82, 2.24) is 0 Å². The van der Waals surface area contributed by atoms with E-state index in [9.17, 15) is 0 Å². The SMILES string of the molecule is CC1CCCC(C2Nc3ccccc3CC2C)C1. The highest BCUT2D eigenvalue weighted by atomic mass is 15.0. The van der Waals surface area contributed by atoms with Gasteiger partial charge < -0.3 is 5.32 Å². The van der Waals surface area contributed by atoms with Crippen LogP contribution < -0.4 is 5.32 Å². The van der Waals surface area contributed by atoms with Gasteiger partial charge in [0.05, 0.1) is 0 Å². The van der Waals surface area contributed by atoms with Crippen LogP contribution in [-0.4, -0.2) is 6.04 Å². The highest BCUT2D eigenvalue weighted by molar-refractivity contribution is 5.54. The second-order valence-electron chi connectivity index (χ2n) is 6.54. The van der Waals surface area contributed by atoms with Gasteiger partial charge in [0.15, 0.2) is 0 Å². The minimum absolute atomic E-state index is 0.697. The third-order valence-corrected chi connectivity index (χ3v) is 4.98. The first kappa shape index (κ1) is 12.1. The van der Waals surface area contributed by atoms with Gasteiger partial charge in [-0.05, 0) is 48.6 Å². The molecule has 0 spiro atoms. The molecule has 3 rings (SSSR count). The molecule has 1 aromatic carbocycles. The number of para-hydroxylation sites is 1. The maximum atomic E-state index is 3.84. The summed E-state index contributed by atoms with van der Waals surface area (Å²) in [6.45, 7) is 4.85. The topological polar surface area (TPSA) is 12.0 Å². The quantitative estimate of drug-likeness (QED) is 0.766. The molecular formula is C17H25N. The maximum absolute atomic E-state index is 3.84. The molecule has 1 heterocycles. The van der Waals surface area contributed by atoms with Crippen LogP contribution >= 0.6 is 0 Å².